The molecule has 0 radical (unpaired) electrons. The fourth-order valence-electron chi connectivity index (χ4n) is 0.958. The Balaban J connectivity index is 3.82. The first kappa shape index (κ1) is 14.7. The van der Waals surface area contributed by atoms with Crippen molar-refractivity contribution in [3.8, 4) is 0 Å². The molecule has 0 fully saturated rings. The molecule has 0 aromatic carbocycles. The van der Waals surface area contributed by atoms with E-state index in [1.54, 1.807) is 0 Å². The number of hydrogen-bond acceptors (Lipinski definition) is 2. The molecule has 0 aliphatic carbocycles. The second-order valence-electron chi connectivity index (χ2n) is 5.56. The summed E-state index contributed by atoms with van der Waals surface area (Å²) >= 11 is 0. The van der Waals surface area contributed by atoms with Crippen LogP contribution in [0.2, 0.25) is 0 Å². The largest absolute Gasteiger partial charge is 0.300 e. The van der Waals surface area contributed by atoms with E-state index in [0.717, 1.165) is 13.1 Å². The van der Waals surface area contributed by atoms with E-state index in [-0.39, 0.29) is 5.54 Å². The molecule has 15 heavy (non-hydrogen) atoms. The highest BCUT2D eigenvalue weighted by Gasteiger charge is 2.14. The van der Waals surface area contributed by atoms with Crippen LogP contribution < -0.4 is 0 Å². The van der Waals surface area contributed by atoms with Crippen LogP contribution in [0.15, 0.2) is 12.2 Å². The van der Waals surface area contributed by atoms with Crippen LogP contribution in [0.1, 0.15) is 34.6 Å². The van der Waals surface area contributed by atoms with E-state index in [1.165, 1.54) is 0 Å². The zero-order valence-electron chi connectivity index (χ0n) is 11.5. The predicted molar refractivity (Wildman–Crippen MR) is 69.3 cm³/mol. The van der Waals surface area contributed by atoms with Crippen molar-refractivity contribution in [2.24, 2.45) is 0 Å². The molecular weight excluding hydrogens is 184 g/mol. The second-order valence-corrected chi connectivity index (χ2v) is 5.56. The summed E-state index contributed by atoms with van der Waals surface area (Å²) in [4.78, 5) is 4.67. The minimum atomic E-state index is 0.258. The molecular formula is C13H28N2. The van der Waals surface area contributed by atoms with Gasteiger partial charge in [-0.3, -0.25) is 4.90 Å². The van der Waals surface area contributed by atoms with Gasteiger partial charge in [0, 0.05) is 24.7 Å². The molecule has 0 rings (SSSR count). The third-order valence-corrected chi connectivity index (χ3v) is 2.97. The molecule has 90 valence electrons. The van der Waals surface area contributed by atoms with Gasteiger partial charge in [-0.25, -0.2) is 0 Å². The summed E-state index contributed by atoms with van der Waals surface area (Å²) in [6.07, 6.45) is 4.51. The highest BCUT2D eigenvalue weighted by atomic mass is 15.1. The molecule has 0 aliphatic heterocycles. The first-order valence-corrected chi connectivity index (χ1v) is 5.81. The lowest BCUT2D eigenvalue weighted by Gasteiger charge is -2.30. The van der Waals surface area contributed by atoms with Gasteiger partial charge in [-0.15, -0.1) is 0 Å². The van der Waals surface area contributed by atoms with Gasteiger partial charge in [0.15, 0.2) is 0 Å². The van der Waals surface area contributed by atoms with E-state index in [4.69, 9.17) is 0 Å². The molecule has 2 heteroatoms. The fourth-order valence-corrected chi connectivity index (χ4v) is 0.958. The Hall–Kier alpha value is -0.340. The normalized spacial score (nSPS) is 13.7. The maximum Gasteiger partial charge on any atom is 0.0165 e. The van der Waals surface area contributed by atoms with Gasteiger partial charge in [0.25, 0.3) is 0 Å². The Kier molecular flexibility index (Phi) is 6.15. The van der Waals surface area contributed by atoms with Crippen molar-refractivity contribution < 1.29 is 0 Å². The zero-order valence-corrected chi connectivity index (χ0v) is 11.5. The summed E-state index contributed by atoms with van der Waals surface area (Å²) in [6, 6.07) is 0.620. The topological polar surface area (TPSA) is 6.48 Å². The molecule has 2 nitrogen and oxygen atoms in total. The molecule has 0 N–H and O–H groups in total. The third kappa shape index (κ3) is 6.69. The van der Waals surface area contributed by atoms with E-state index in [1.807, 2.05) is 0 Å². The molecule has 0 bridgehead atoms. The lowest BCUT2D eigenvalue weighted by molar-refractivity contribution is 0.195. The average molecular weight is 212 g/mol. The fraction of sp³-hybridized carbons (Fsp3) is 0.846. The Bertz CT molecular complexity index is 189. The first-order chi connectivity index (χ1) is 6.75. The molecule has 0 saturated carbocycles. The van der Waals surface area contributed by atoms with Gasteiger partial charge in [0.1, 0.15) is 0 Å². The van der Waals surface area contributed by atoms with Crippen molar-refractivity contribution in [2.45, 2.75) is 46.2 Å². The lowest BCUT2D eigenvalue weighted by Crippen LogP contribution is -2.38. The third-order valence-electron chi connectivity index (χ3n) is 2.97. The van der Waals surface area contributed by atoms with Crippen LogP contribution in [0.4, 0.5) is 0 Å². The zero-order chi connectivity index (χ0) is 12.1. The van der Waals surface area contributed by atoms with E-state index in [0.29, 0.717) is 6.04 Å². The molecule has 0 amide bonds. The standard InChI is InChI=1S/C13H28N2/c1-12(2)14(6)10-8-9-11-15(7)13(3,4)5/h8-9,12H,10-11H2,1-7H3/b9-8-. The molecule has 0 aromatic heterocycles. The van der Waals surface area contributed by atoms with Crippen LogP contribution >= 0.6 is 0 Å². The van der Waals surface area contributed by atoms with Crippen LogP contribution in [-0.2, 0) is 0 Å². The monoisotopic (exact) mass is 212 g/mol. The summed E-state index contributed by atoms with van der Waals surface area (Å²) in [5.41, 5.74) is 0.258. The quantitative estimate of drug-likeness (QED) is 0.646. The summed E-state index contributed by atoms with van der Waals surface area (Å²) in [5.74, 6) is 0. The van der Waals surface area contributed by atoms with Gasteiger partial charge in [-0.1, -0.05) is 12.2 Å². The number of likely N-dealkylation sites (N-methyl/N-ethyl adjacent to an activating group) is 2. The minimum absolute atomic E-state index is 0.258. The molecule has 0 unspecified atom stereocenters. The van der Waals surface area contributed by atoms with Crippen molar-refractivity contribution in [1.29, 1.82) is 0 Å². The van der Waals surface area contributed by atoms with E-state index < -0.39 is 0 Å². The molecule has 0 saturated heterocycles. The van der Waals surface area contributed by atoms with Gasteiger partial charge in [-0.2, -0.15) is 0 Å². The first-order valence-electron chi connectivity index (χ1n) is 5.81. The Morgan fingerprint density at radius 3 is 1.87 bits per heavy atom. The van der Waals surface area contributed by atoms with Crippen LogP contribution in [-0.4, -0.2) is 48.6 Å². The number of nitrogens with zero attached hydrogens (tertiary/aromatic N) is 2. The Morgan fingerprint density at radius 2 is 1.47 bits per heavy atom. The summed E-state index contributed by atoms with van der Waals surface area (Å²) in [7, 11) is 4.32. The van der Waals surface area contributed by atoms with Crippen molar-refractivity contribution in [3.63, 3.8) is 0 Å². The average Bonchev–Trinajstić information content (AvgIpc) is 2.09. The number of rotatable bonds is 5. The molecule has 0 atom stereocenters. The summed E-state index contributed by atoms with van der Waals surface area (Å²) in [6.45, 7) is 13.2. The van der Waals surface area contributed by atoms with E-state index in [2.05, 4.69) is 70.7 Å². The smallest absolute Gasteiger partial charge is 0.0165 e. The van der Waals surface area contributed by atoms with Gasteiger partial charge >= 0.3 is 0 Å². The summed E-state index contributed by atoms with van der Waals surface area (Å²) < 4.78 is 0. The Morgan fingerprint density at radius 1 is 1.00 bits per heavy atom. The van der Waals surface area contributed by atoms with Crippen LogP contribution in [0.3, 0.4) is 0 Å². The van der Waals surface area contributed by atoms with Crippen LogP contribution in [0.25, 0.3) is 0 Å². The molecule has 0 aliphatic rings. The van der Waals surface area contributed by atoms with Gasteiger partial charge in [-0.05, 0) is 48.7 Å². The summed E-state index contributed by atoms with van der Waals surface area (Å²) in [5, 5.41) is 0. The molecule has 0 aromatic rings. The van der Waals surface area contributed by atoms with Gasteiger partial charge in [0.2, 0.25) is 0 Å². The maximum absolute atomic E-state index is 2.35. The number of hydrogen-bond donors (Lipinski definition) is 0. The highest BCUT2D eigenvalue weighted by molar-refractivity contribution is 4.89. The SMILES string of the molecule is CC(C)N(C)C/C=C\CN(C)C(C)(C)C. The van der Waals surface area contributed by atoms with Crippen molar-refractivity contribution in [3.05, 3.63) is 12.2 Å². The van der Waals surface area contributed by atoms with Crippen molar-refractivity contribution >= 4 is 0 Å². The van der Waals surface area contributed by atoms with E-state index in [9.17, 15) is 0 Å². The molecule has 0 spiro atoms. The van der Waals surface area contributed by atoms with E-state index >= 15 is 0 Å². The van der Waals surface area contributed by atoms with Gasteiger partial charge in [0.05, 0.1) is 0 Å². The highest BCUT2D eigenvalue weighted by Crippen LogP contribution is 2.09. The Labute approximate surface area is 95.9 Å². The molecule has 0 heterocycles. The second kappa shape index (κ2) is 6.29. The maximum atomic E-state index is 2.35. The van der Waals surface area contributed by atoms with Crippen molar-refractivity contribution in [1.82, 2.24) is 9.80 Å². The minimum Gasteiger partial charge on any atom is -0.300 e. The van der Waals surface area contributed by atoms with Crippen LogP contribution in [0, 0.1) is 0 Å². The van der Waals surface area contributed by atoms with Gasteiger partial charge < -0.3 is 4.90 Å². The van der Waals surface area contributed by atoms with Crippen LogP contribution in [0.5, 0.6) is 0 Å². The van der Waals surface area contributed by atoms with Crippen molar-refractivity contribution in [2.75, 3.05) is 27.2 Å². The lowest BCUT2D eigenvalue weighted by atomic mass is 10.1. The predicted octanol–water partition coefficient (Wildman–Crippen LogP) is 2.61.